The van der Waals surface area contributed by atoms with Crippen LogP contribution in [0.25, 0.3) is 0 Å². The van der Waals surface area contributed by atoms with Gasteiger partial charge in [0.1, 0.15) is 12.4 Å². The topological polar surface area (TPSA) is 47.6 Å². The lowest BCUT2D eigenvalue weighted by atomic mass is 10.1. The molecule has 0 bridgehead atoms. The van der Waals surface area contributed by atoms with E-state index in [2.05, 4.69) is 27.9 Å². The summed E-state index contributed by atoms with van der Waals surface area (Å²) in [5.41, 5.74) is 2.12. The highest BCUT2D eigenvalue weighted by Gasteiger charge is 2.13. The van der Waals surface area contributed by atoms with Crippen molar-refractivity contribution in [2.45, 2.75) is 19.1 Å². The van der Waals surface area contributed by atoms with Gasteiger partial charge >= 0.3 is 6.09 Å². The predicted molar refractivity (Wildman–Crippen MR) is 99.1 cm³/mol. The minimum Gasteiger partial charge on any atom is -0.497 e. The van der Waals surface area contributed by atoms with Gasteiger partial charge in [-0.3, -0.25) is 0 Å². The SMILES string of the molecule is COc1ccc(C[C@H](CI)NC(=O)OCc2ccccc2)cc1. The second-order valence-corrected chi connectivity index (χ2v) is 5.99. The molecule has 2 aromatic rings. The number of nitrogens with one attached hydrogen (secondary N) is 1. The highest BCUT2D eigenvalue weighted by atomic mass is 127. The van der Waals surface area contributed by atoms with E-state index in [4.69, 9.17) is 9.47 Å². The third-order valence-corrected chi connectivity index (χ3v) is 4.43. The van der Waals surface area contributed by atoms with Crippen LogP contribution in [0.3, 0.4) is 0 Å². The molecule has 4 nitrogen and oxygen atoms in total. The van der Waals surface area contributed by atoms with Crippen LogP contribution in [-0.2, 0) is 17.8 Å². The maximum absolute atomic E-state index is 11.9. The highest BCUT2D eigenvalue weighted by molar-refractivity contribution is 14.1. The molecule has 0 fully saturated rings. The number of alkyl halides is 1. The first-order chi connectivity index (χ1) is 11.2. The maximum atomic E-state index is 11.9. The Bertz CT molecular complexity index is 601. The number of hydrogen-bond acceptors (Lipinski definition) is 3. The minimum atomic E-state index is -0.385. The molecule has 0 aliphatic heterocycles. The summed E-state index contributed by atoms with van der Waals surface area (Å²) in [6.45, 7) is 0.281. The zero-order valence-electron chi connectivity index (χ0n) is 13.0. The number of carbonyl (C=O) groups excluding carboxylic acids is 1. The fourth-order valence-corrected chi connectivity index (χ4v) is 2.65. The number of rotatable bonds is 7. The number of amides is 1. The van der Waals surface area contributed by atoms with Gasteiger partial charge in [0.2, 0.25) is 0 Å². The first kappa shape index (κ1) is 17.6. The average molecular weight is 425 g/mol. The molecule has 0 aliphatic rings. The van der Waals surface area contributed by atoms with Gasteiger partial charge in [0.25, 0.3) is 0 Å². The number of halogens is 1. The first-order valence-electron chi connectivity index (χ1n) is 7.37. The summed E-state index contributed by atoms with van der Waals surface area (Å²) >= 11 is 2.27. The van der Waals surface area contributed by atoms with E-state index in [1.807, 2.05) is 54.6 Å². The number of methoxy groups -OCH3 is 1. The number of hydrogen-bond donors (Lipinski definition) is 1. The monoisotopic (exact) mass is 425 g/mol. The largest absolute Gasteiger partial charge is 0.497 e. The first-order valence-corrected chi connectivity index (χ1v) is 8.90. The molecule has 0 aromatic heterocycles. The van der Waals surface area contributed by atoms with Crippen LogP contribution in [0.2, 0.25) is 0 Å². The number of benzene rings is 2. The maximum Gasteiger partial charge on any atom is 0.407 e. The Kier molecular flexibility index (Phi) is 7.19. The van der Waals surface area contributed by atoms with E-state index in [1.165, 1.54) is 0 Å². The molecule has 0 saturated carbocycles. The summed E-state index contributed by atoms with van der Waals surface area (Å²) in [7, 11) is 1.65. The van der Waals surface area contributed by atoms with E-state index < -0.39 is 0 Å². The van der Waals surface area contributed by atoms with Crippen molar-refractivity contribution in [2.24, 2.45) is 0 Å². The molecule has 0 saturated heterocycles. The van der Waals surface area contributed by atoms with Crippen molar-refractivity contribution in [3.63, 3.8) is 0 Å². The van der Waals surface area contributed by atoms with Gasteiger partial charge in [0, 0.05) is 10.5 Å². The van der Waals surface area contributed by atoms with Crippen molar-refractivity contribution in [3.05, 3.63) is 65.7 Å². The van der Waals surface area contributed by atoms with Crippen LogP contribution in [0.1, 0.15) is 11.1 Å². The third-order valence-electron chi connectivity index (χ3n) is 3.36. The van der Waals surface area contributed by atoms with Crippen molar-refractivity contribution in [1.29, 1.82) is 0 Å². The molecule has 5 heteroatoms. The van der Waals surface area contributed by atoms with E-state index in [9.17, 15) is 4.79 Å². The van der Waals surface area contributed by atoms with E-state index in [1.54, 1.807) is 7.11 Å². The van der Waals surface area contributed by atoms with Crippen LogP contribution >= 0.6 is 22.6 Å². The Labute approximate surface area is 150 Å². The molecule has 0 heterocycles. The molecule has 0 unspecified atom stereocenters. The molecule has 0 aliphatic carbocycles. The number of ether oxygens (including phenoxy) is 2. The lowest BCUT2D eigenvalue weighted by Crippen LogP contribution is -2.37. The van der Waals surface area contributed by atoms with Crippen LogP contribution in [0.15, 0.2) is 54.6 Å². The Morgan fingerprint density at radius 1 is 1.09 bits per heavy atom. The van der Waals surface area contributed by atoms with Crippen LogP contribution in [0.5, 0.6) is 5.75 Å². The smallest absolute Gasteiger partial charge is 0.407 e. The van der Waals surface area contributed by atoms with Crippen LogP contribution < -0.4 is 10.1 Å². The van der Waals surface area contributed by atoms with Gasteiger partial charge in [-0.1, -0.05) is 65.1 Å². The Hall–Kier alpha value is -1.76. The summed E-state index contributed by atoms with van der Waals surface area (Å²) in [6, 6.07) is 17.5. The predicted octanol–water partition coefficient (Wildman–Crippen LogP) is 3.97. The van der Waals surface area contributed by atoms with Gasteiger partial charge in [-0.25, -0.2) is 4.79 Å². The van der Waals surface area contributed by atoms with Crippen molar-refractivity contribution in [3.8, 4) is 5.75 Å². The van der Waals surface area contributed by atoms with Crippen LogP contribution in [-0.4, -0.2) is 23.7 Å². The molecule has 23 heavy (non-hydrogen) atoms. The summed E-state index contributed by atoms with van der Waals surface area (Å²) < 4.78 is 11.2. The van der Waals surface area contributed by atoms with Gasteiger partial charge in [-0.15, -0.1) is 0 Å². The second-order valence-electron chi connectivity index (χ2n) is 5.11. The van der Waals surface area contributed by atoms with Gasteiger partial charge < -0.3 is 14.8 Å². The molecule has 2 aromatic carbocycles. The van der Waals surface area contributed by atoms with Crippen molar-refractivity contribution < 1.29 is 14.3 Å². The second kappa shape index (κ2) is 9.39. The number of carbonyl (C=O) groups is 1. The molecule has 0 radical (unpaired) electrons. The molecule has 1 N–H and O–H groups in total. The summed E-state index contributed by atoms with van der Waals surface area (Å²) in [5, 5.41) is 2.91. The van der Waals surface area contributed by atoms with Gasteiger partial charge in [0.05, 0.1) is 7.11 Å². The summed E-state index contributed by atoms with van der Waals surface area (Å²) in [6.07, 6.45) is 0.372. The average Bonchev–Trinajstić information content (AvgIpc) is 2.61. The third kappa shape index (κ3) is 6.09. The van der Waals surface area contributed by atoms with Crippen molar-refractivity contribution in [1.82, 2.24) is 5.32 Å². The molecule has 0 spiro atoms. The van der Waals surface area contributed by atoms with Crippen molar-refractivity contribution >= 4 is 28.7 Å². The van der Waals surface area contributed by atoms with E-state index in [0.717, 1.165) is 27.7 Å². The quantitative estimate of drug-likeness (QED) is 0.540. The Morgan fingerprint density at radius 2 is 1.78 bits per heavy atom. The molecular formula is C18H20INO3. The normalized spacial score (nSPS) is 11.6. The lowest BCUT2D eigenvalue weighted by molar-refractivity contribution is 0.136. The zero-order valence-corrected chi connectivity index (χ0v) is 15.2. The number of alkyl carbamates (subject to hydrolysis) is 1. The zero-order chi connectivity index (χ0) is 16.5. The van der Waals surface area contributed by atoms with Crippen LogP contribution in [0, 0.1) is 0 Å². The van der Waals surface area contributed by atoms with Gasteiger partial charge in [-0.05, 0) is 29.7 Å². The van der Waals surface area contributed by atoms with E-state index >= 15 is 0 Å². The van der Waals surface area contributed by atoms with Gasteiger partial charge in [-0.2, -0.15) is 0 Å². The minimum absolute atomic E-state index is 0.0345. The summed E-state index contributed by atoms with van der Waals surface area (Å²) in [5.74, 6) is 0.829. The Balaban J connectivity index is 1.82. The molecule has 2 rings (SSSR count). The molecule has 122 valence electrons. The Morgan fingerprint density at radius 3 is 2.39 bits per heavy atom. The van der Waals surface area contributed by atoms with Gasteiger partial charge in [0.15, 0.2) is 0 Å². The highest BCUT2D eigenvalue weighted by Crippen LogP contribution is 2.13. The van der Waals surface area contributed by atoms with E-state index in [0.29, 0.717) is 0 Å². The molecule has 1 atom stereocenters. The standard InChI is InChI=1S/C18H20INO3/c1-22-17-9-7-14(8-10-17)11-16(12-19)20-18(21)23-13-15-5-3-2-4-6-15/h2-10,16H,11-13H2,1H3,(H,20,21)/t16-/m1/s1. The molecular weight excluding hydrogens is 405 g/mol. The van der Waals surface area contributed by atoms with Crippen LogP contribution in [0.4, 0.5) is 4.79 Å². The van der Waals surface area contributed by atoms with Crippen molar-refractivity contribution in [2.75, 3.05) is 11.5 Å². The lowest BCUT2D eigenvalue weighted by Gasteiger charge is -2.16. The molecule has 1 amide bonds. The fourth-order valence-electron chi connectivity index (χ4n) is 2.12. The fraction of sp³-hybridized carbons (Fsp3) is 0.278. The summed E-state index contributed by atoms with van der Waals surface area (Å²) in [4.78, 5) is 11.9. The van der Waals surface area contributed by atoms with E-state index in [-0.39, 0.29) is 18.7 Å².